The summed E-state index contributed by atoms with van der Waals surface area (Å²) in [4.78, 5) is 23.9. The van der Waals surface area contributed by atoms with Crippen LogP contribution in [0.3, 0.4) is 0 Å². The number of ether oxygens (including phenoxy) is 1. The maximum absolute atomic E-state index is 12.6. The van der Waals surface area contributed by atoms with Crippen LogP contribution in [0.4, 0.5) is 11.5 Å². The fourth-order valence-electron chi connectivity index (χ4n) is 3.28. The third-order valence-corrected chi connectivity index (χ3v) is 5.75. The fourth-order valence-corrected chi connectivity index (χ4v) is 4.05. The first-order chi connectivity index (χ1) is 12.7. The molecule has 0 bridgehead atoms. The van der Waals surface area contributed by atoms with Gasteiger partial charge in [0.15, 0.2) is 5.82 Å². The quantitative estimate of drug-likeness (QED) is 0.795. The van der Waals surface area contributed by atoms with Crippen molar-refractivity contribution in [1.82, 2.24) is 20.1 Å². The monoisotopic (exact) mass is 374 g/mol. The van der Waals surface area contributed by atoms with Gasteiger partial charge in [0.2, 0.25) is 0 Å². The van der Waals surface area contributed by atoms with E-state index in [1.807, 2.05) is 11.8 Å². The Morgan fingerprint density at radius 3 is 2.58 bits per heavy atom. The van der Waals surface area contributed by atoms with Crippen LogP contribution in [0.25, 0.3) is 0 Å². The van der Waals surface area contributed by atoms with Crippen molar-refractivity contribution in [3.05, 3.63) is 28.3 Å². The van der Waals surface area contributed by atoms with Gasteiger partial charge in [-0.2, -0.15) is 5.10 Å². The van der Waals surface area contributed by atoms with Crippen LogP contribution in [-0.2, 0) is 4.74 Å². The SMILES string of the molecule is Cc1ncsc1C(=O)N1CCN(c2cc(N3CCOCC3)cnn2)CC1. The number of amides is 1. The Bertz CT molecular complexity index is 768. The summed E-state index contributed by atoms with van der Waals surface area (Å²) in [6, 6.07) is 2.09. The van der Waals surface area contributed by atoms with Gasteiger partial charge in [-0.15, -0.1) is 16.4 Å². The van der Waals surface area contributed by atoms with Crippen LogP contribution in [-0.4, -0.2) is 78.5 Å². The molecular formula is C17H22N6O2S. The van der Waals surface area contributed by atoms with E-state index in [0.717, 1.165) is 61.5 Å². The maximum atomic E-state index is 12.6. The van der Waals surface area contributed by atoms with Crippen molar-refractivity contribution in [2.75, 3.05) is 62.3 Å². The lowest BCUT2D eigenvalue weighted by atomic mass is 10.2. The van der Waals surface area contributed by atoms with Gasteiger partial charge in [-0.05, 0) is 6.92 Å². The van der Waals surface area contributed by atoms with Crippen molar-refractivity contribution in [3.63, 3.8) is 0 Å². The number of carbonyl (C=O) groups excluding carboxylic acids is 1. The number of hydrogen-bond donors (Lipinski definition) is 0. The topological polar surface area (TPSA) is 74.7 Å². The van der Waals surface area contributed by atoms with Crippen LogP contribution in [0.1, 0.15) is 15.4 Å². The van der Waals surface area contributed by atoms with Gasteiger partial charge in [-0.1, -0.05) is 0 Å². The van der Waals surface area contributed by atoms with E-state index in [9.17, 15) is 4.79 Å². The zero-order chi connectivity index (χ0) is 17.9. The fraction of sp³-hybridized carbons (Fsp3) is 0.529. The molecule has 0 aromatic carbocycles. The zero-order valence-electron chi connectivity index (χ0n) is 14.8. The summed E-state index contributed by atoms with van der Waals surface area (Å²) < 4.78 is 5.41. The Balaban J connectivity index is 1.40. The van der Waals surface area contributed by atoms with E-state index in [2.05, 4.69) is 31.0 Å². The maximum Gasteiger partial charge on any atom is 0.265 e. The molecule has 2 aliphatic heterocycles. The first kappa shape index (κ1) is 17.2. The van der Waals surface area contributed by atoms with E-state index in [1.54, 1.807) is 11.7 Å². The predicted octanol–water partition coefficient (Wildman–Crippen LogP) is 1.04. The molecule has 0 radical (unpaired) electrons. The summed E-state index contributed by atoms with van der Waals surface area (Å²) in [7, 11) is 0. The van der Waals surface area contributed by atoms with Gasteiger partial charge < -0.3 is 19.4 Å². The number of piperazine rings is 1. The minimum absolute atomic E-state index is 0.0813. The second kappa shape index (κ2) is 7.55. The molecule has 0 N–H and O–H groups in total. The summed E-state index contributed by atoms with van der Waals surface area (Å²) in [5.74, 6) is 0.952. The van der Waals surface area contributed by atoms with Gasteiger partial charge in [0.1, 0.15) is 4.88 Å². The Hall–Kier alpha value is -2.26. The number of nitrogens with zero attached hydrogens (tertiary/aromatic N) is 6. The molecule has 1 amide bonds. The van der Waals surface area contributed by atoms with Gasteiger partial charge in [0, 0.05) is 45.3 Å². The average molecular weight is 374 g/mol. The standard InChI is InChI=1S/C17H22N6O2S/c1-13-16(26-12-18-13)17(24)23-4-2-22(3-5-23)15-10-14(11-19-20-15)21-6-8-25-9-7-21/h10-12H,2-9H2,1H3. The van der Waals surface area contributed by atoms with Crippen LogP contribution in [0, 0.1) is 6.92 Å². The second-order valence-corrected chi connectivity index (χ2v) is 7.27. The highest BCUT2D eigenvalue weighted by molar-refractivity contribution is 7.11. The lowest BCUT2D eigenvalue weighted by molar-refractivity contribution is 0.0750. The highest BCUT2D eigenvalue weighted by Crippen LogP contribution is 2.22. The third-order valence-electron chi connectivity index (χ3n) is 4.83. The molecule has 4 heterocycles. The lowest BCUT2D eigenvalue weighted by Crippen LogP contribution is -2.49. The van der Waals surface area contributed by atoms with Crippen LogP contribution < -0.4 is 9.80 Å². The van der Waals surface area contributed by atoms with Crippen molar-refractivity contribution in [2.24, 2.45) is 0 Å². The van der Waals surface area contributed by atoms with Gasteiger partial charge >= 0.3 is 0 Å². The highest BCUT2D eigenvalue weighted by atomic mass is 32.1. The molecule has 0 spiro atoms. The molecule has 26 heavy (non-hydrogen) atoms. The highest BCUT2D eigenvalue weighted by Gasteiger charge is 2.25. The van der Waals surface area contributed by atoms with Gasteiger partial charge in [-0.3, -0.25) is 4.79 Å². The molecule has 0 saturated carbocycles. The minimum atomic E-state index is 0.0813. The van der Waals surface area contributed by atoms with E-state index < -0.39 is 0 Å². The molecule has 0 atom stereocenters. The first-order valence-electron chi connectivity index (χ1n) is 8.82. The van der Waals surface area contributed by atoms with Crippen molar-refractivity contribution in [1.29, 1.82) is 0 Å². The summed E-state index contributed by atoms with van der Waals surface area (Å²) in [5.41, 5.74) is 3.62. The van der Waals surface area contributed by atoms with E-state index in [1.165, 1.54) is 11.3 Å². The van der Waals surface area contributed by atoms with Crippen LogP contribution >= 0.6 is 11.3 Å². The molecule has 138 valence electrons. The Kier molecular flexibility index (Phi) is 4.98. The number of rotatable bonds is 3. The van der Waals surface area contributed by atoms with Crippen molar-refractivity contribution in [2.45, 2.75) is 6.92 Å². The van der Waals surface area contributed by atoms with E-state index >= 15 is 0 Å². The summed E-state index contributed by atoms with van der Waals surface area (Å²) in [6.07, 6.45) is 1.81. The normalized spacial score (nSPS) is 18.3. The molecule has 4 rings (SSSR count). The van der Waals surface area contributed by atoms with E-state index in [0.29, 0.717) is 13.1 Å². The van der Waals surface area contributed by atoms with Crippen molar-refractivity contribution in [3.8, 4) is 0 Å². The van der Waals surface area contributed by atoms with Crippen LogP contribution in [0.5, 0.6) is 0 Å². The number of hydrogen-bond acceptors (Lipinski definition) is 8. The van der Waals surface area contributed by atoms with Crippen LogP contribution in [0.15, 0.2) is 17.8 Å². The van der Waals surface area contributed by atoms with Crippen molar-refractivity contribution < 1.29 is 9.53 Å². The average Bonchev–Trinajstić information content (AvgIpc) is 3.14. The molecular weight excluding hydrogens is 352 g/mol. The molecule has 0 unspecified atom stereocenters. The van der Waals surface area contributed by atoms with Gasteiger partial charge in [0.05, 0.1) is 36.3 Å². The Morgan fingerprint density at radius 2 is 1.88 bits per heavy atom. The Morgan fingerprint density at radius 1 is 1.12 bits per heavy atom. The number of thiazole rings is 1. The molecule has 2 aliphatic rings. The largest absolute Gasteiger partial charge is 0.378 e. The number of anilines is 2. The smallest absolute Gasteiger partial charge is 0.265 e. The second-order valence-electron chi connectivity index (χ2n) is 6.42. The minimum Gasteiger partial charge on any atom is -0.378 e. The molecule has 2 aromatic heterocycles. The summed E-state index contributed by atoms with van der Waals surface area (Å²) in [6.45, 7) is 8.00. The molecule has 2 saturated heterocycles. The Labute approximate surface area is 156 Å². The van der Waals surface area contributed by atoms with E-state index in [-0.39, 0.29) is 5.91 Å². The molecule has 2 aromatic rings. The van der Waals surface area contributed by atoms with Crippen LogP contribution in [0.2, 0.25) is 0 Å². The number of carbonyl (C=O) groups is 1. The molecule has 8 nitrogen and oxygen atoms in total. The molecule has 0 aliphatic carbocycles. The zero-order valence-corrected chi connectivity index (χ0v) is 15.6. The number of morpholine rings is 1. The third kappa shape index (κ3) is 3.49. The van der Waals surface area contributed by atoms with Crippen molar-refractivity contribution >= 4 is 28.7 Å². The molecule has 2 fully saturated rings. The summed E-state index contributed by atoms with van der Waals surface area (Å²) in [5, 5.41) is 8.48. The number of aryl methyl sites for hydroxylation is 1. The number of aromatic nitrogens is 3. The predicted molar refractivity (Wildman–Crippen MR) is 100 cm³/mol. The van der Waals surface area contributed by atoms with Gasteiger partial charge in [-0.25, -0.2) is 4.98 Å². The van der Waals surface area contributed by atoms with Gasteiger partial charge in [0.25, 0.3) is 5.91 Å². The first-order valence-corrected chi connectivity index (χ1v) is 9.70. The van der Waals surface area contributed by atoms with E-state index in [4.69, 9.17) is 4.74 Å². The summed E-state index contributed by atoms with van der Waals surface area (Å²) >= 11 is 1.41. The lowest BCUT2D eigenvalue weighted by Gasteiger charge is -2.35. The molecule has 9 heteroatoms.